The molecule has 0 aliphatic rings. The van der Waals surface area contributed by atoms with Crippen LogP contribution in [0.3, 0.4) is 0 Å². The van der Waals surface area contributed by atoms with Gasteiger partial charge in [-0.05, 0) is 0 Å². The van der Waals surface area contributed by atoms with Crippen molar-refractivity contribution in [2.75, 3.05) is 0 Å². The quantitative estimate of drug-likeness (QED) is 0.611. The smallest absolute Gasteiger partial charge is 0.419 e. The highest BCUT2D eigenvalue weighted by molar-refractivity contribution is 5.15. The van der Waals surface area contributed by atoms with Gasteiger partial charge in [0, 0.05) is 5.92 Å². The summed E-state index contributed by atoms with van der Waals surface area (Å²) in [5, 5.41) is 8.90. The van der Waals surface area contributed by atoms with Crippen molar-refractivity contribution in [2.45, 2.75) is 19.8 Å². The lowest BCUT2D eigenvalue weighted by Crippen LogP contribution is -1.97. The lowest BCUT2D eigenvalue weighted by Gasteiger charge is -1.96. The normalized spacial score (nSPS) is 10.7. The van der Waals surface area contributed by atoms with Crippen LogP contribution >= 0.6 is 0 Å². The molecule has 0 fully saturated rings. The number of rotatable bonds is 1. The number of oxazole rings is 1. The zero-order valence-electron chi connectivity index (χ0n) is 5.84. The molecule has 2 N–H and O–H groups in total. The van der Waals surface area contributed by atoms with Crippen LogP contribution in [0.4, 0.5) is 0 Å². The SMILES string of the molecule is CC(C)c1[nH]c(=O)oc1O. The van der Waals surface area contributed by atoms with Crippen LogP contribution in [0, 0.1) is 0 Å². The van der Waals surface area contributed by atoms with Gasteiger partial charge in [-0.1, -0.05) is 13.8 Å². The number of hydrogen-bond acceptors (Lipinski definition) is 3. The van der Waals surface area contributed by atoms with Crippen molar-refractivity contribution in [3.05, 3.63) is 16.2 Å². The van der Waals surface area contributed by atoms with Crippen molar-refractivity contribution >= 4 is 0 Å². The first kappa shape index (κ1) is 6.92. The lowest BCUT2D eigenvalue weighted by molar-refractivity contribution is 0.314. The molecule has 0 aromatic carbocycles. The van der Waals surface area contributed by atoms with E-state index in [1.807, 2.05) is 13.8 Å². The minimum absolute atomic E-state index is 0.0754. The van der Waals surface area contributed by atoms with E-state index in [1.165, 1.54) is 0 Å². The van der Waals surface area contributed by atoms with Gasteiger partial charge in [0.2, 0.25) is 0 Å². The van der Waals surface area contributed by atoms with Crippen molar-refractivity contribution < 1.29 is 9.52 Å². The van der Waals surface area contributed by atoms with Crippen LogP contribution in [-0.4, -0.2) is 10.1 Å². The van der Waals surface area contributed by atoms with Crippen LogP contribution in [0.2, 0.25) is 0 Å². The van der Waals surface area contributed by atoms with Crippen LogP contribution < -0.4 is 5.76 Å². The third kappa shape index (κ3) is 1.05. The highest BCUT2D eigenvalue weighted by Crippen LogP contribution is 2.20. The summed E-state index contributed by atoms with van der Waals surface area (Å²) in [6.07, 6.45) is 0. The van der Waals surface area contributed by atoms with Gasteiger partial charge in [-0.2, -0.15) is 0 Å². The molecule has 0 unspecified atom stereocenters. The first-order chi connectivity index (χ1) is 4.61. The fraction of sp³-hybridized carbons (Fsp3) is 0.500. The molecular formula is C6H9NO3. The molecule has 56 valence electrons. The number of nitrogens with one attached hydrogen (secondary N) is 1. The molecule has 4 nitrogen and oxygen atoms in total. The van der Waals surface area contributed by atoms with E-state index in [-0.39, 0.29) is 11.9 Å². The molecule has 0 bridgehead atoms. The lowest BCUT2D eigenvalue weighted by atomic mass is 10.1. The number of H-pyrrole nitrogens is 1. The van der Waals surface area contributed by atoms with Gasteiger partial charge in [-0.3, -0.25) is 4.98 Å². The van der Waals surface area contributed by atoms with Crippen LogP contribution in [-0.2, 0) is 0 Å². The summed E-state index contributed by atoms with van der Waals surface area (Å²) in [7, 11) is 0. The molecule has 0 radical (unpaired) electrons. The van der Waals surface area contributed by atoms with E-state index in [2.05, 4.69) is 9.40 Å². The molecular weight excluding hydrogens is 134 g/mol. The maximum Gasteiger partial charge on any atom is 0.419 e. The van der Waals surface area contributed by atoms with Gasteiger partial charge < -0.3 is 9.52 Å². The van der Waals surface area contributed by atoms with Gasteiger partial charge in [0.15, 0.2) is 0 Å². The molecule has 0 aliphatic carbocycles. The van der Waals surface area contributed by atoms with Crippen molar-refractivity contribution in [1.82, 2.24) is 4.98 Å². The Morgan fingerprint density at radius 2 is 2.20 bits per heavy atom. The van der Waals surface area contributed by atoms with E-state index in [0.717, 1.165) is 0 Å². The van der Waals surface area contributed by atoms with Crippen molar-refractivity contribution in [3.8, 4) is 5.95 Å². The van der Waals surface area contributed by atoms with E-state index < -0.39 is 5.76 Å². The van der Waals surface area contributed by atoms with E-state index in [0.29, 0.717) is 5.69 Å². The fourth-order valence-corrected chi connectivity index (χ4v) is 0.723. The Hall–Kier alpha value is -1.19. The number of aromatic amines is 1. The largest absolute Gasteiger partial charge is 0.479 e. The molecule has 0 amide bonds. The maximum atomic E-state index is 10.4. The Kier molecular flexibility index (Phi) is 1.53. The third-order valence-electron chi connectivity index (χ3n) is 1.23. The van der Waals surface area contributed by atoms with Gasteiger partial charge in [0.05, 0.1) is 0 Å². The standard InChI is InChI=1S/C6H9NO3/c1-3(2)4-5(8)10-6(9)7-4/h3,8H,1-2H3,(H,7,9). The van der Waals surface area contributed by atoms with Crippen molar-refractivity contribution in [1.29, 1.82) is 0 Å². The molecule has 4 heteroatoms. The minimum Gasteiger partial charge on any atom is -0.479 e. The molecule has 1 heterocycles. The second-order valence-corrected chi connectivity index (χ2v) is 2.39. The van der Waals surface area contributed by atoms with Crippen molar-refractivity contribution in [2.24, 2.45) is 0 Å². The summed E-state index contributed by atoms with van der Waals surface area (Å²) < 4.78 is 4.32. The molecule has 0 saturated carbocycles. The highest BCUT2D eigenvalue weighted by Gasteiger charge is 2.10. The Bertz CT molecular complexity index is 271. The van der Waals surface area contributed by atoms with Crippen LogP contribution in [0.25, 0.3) is 0 Å². The topological polar surface area (TPSA) is 66.2 Å². The summed E-state index contributed by atoms with van der Waals surface area (Å²) in [6, 6.07) is 0. The maximum absolute atomic E-state index is 10.4. The Labute approximate surface area is 57.5 Å². The summed E-state index contributed by atoms with van der Waals surface area (Å²) in [4.78, 5) is 12.8. The van der Waals surface area contributed by atoms with Crippen molar-refractivity contribution in [3.63, 3.8) is 0 Å². The molecule has 1 aromatic rings. The monoisotopic (exact) mass is 143 g/mol. The third-order valence-corrected chi connectivity index (χ3v) is 1.23. The van der Waals surface area contributed by atoms with Crippen LogP contribution in [0.15, 0.2) is 9.21 Å². The summed E-state index contributed by atoms with van der Waals surface area (Å²) in [6.45, 7) is 3.70. The van der Waals surface area contributed by atoms with E-state index in [4.69, 9.17) is 5.11 Å². The average molecular weight is 143 g/mol. The van der Waals surface area contributed by atoms with E-state index >= 15 is 0 Å². The first-order valence-electron chi connectivity index (χ1n) is 3.03. The van der Waals surface area contributed by atoms with Gasteiger partial charge in [0.1, 0.15) is 5.69 Å². The summed E-state index contributed by atoms with van der Waals surface area (Å²) in [5.74, 6) is -0.840. The Morgan fingerprint density at radius 1 is 1.60 bits per heavy atom. The fourth-order valence-electron chi connectivity index (χ4n) is 0.723. The predicted molar refractivity (Wildman–Crippen MR) is 35.1 cm³/mol. The van der Waals surface area contributed by atoms with Crippen LogP contribution in [0.5, 0.6) is 5.95 Å². The minimum atomic E-state index is -0.610. The molecule has 0 spiro atoms. The predicted octanol–water partition coefficient (Wildman–Crippen LogP) is 0.797. The molecule has 10 heavy (non-hydrogen) atoms. The average Bonchev–Trinajstić information content (AvgIpc) is 2.10. The molecule has 1 aromatic heterocycles. The van der Waals surface area contributed by atoms with Gasteiger partial charge in [-0.15, -0.1) is 0 Å². The number of aromatic hydroxyl groups is 1. The molecule has 0 aliphatic heterocycles. The van der Waals surface area contributed by atoms with E-state index in [9.17, 15) is 4.79 Å². The molecule has 0 atom stereocenters. The molecule has 1 rings (SSSR count). The zero-order chi connectivity index (χ0) is 7.72. The number of hydrogen-bond donors (Lipinski definition) is 2. The second kappa shape index (κ2) is 2.21. The van der Waals surface area contributed by atoms with Gasteiger partial charge >= 0.3 is 11.7 Å². The molecule has 0 saturated heterocycles. The second-order valence-electron chi connectivity index (χ2n) is 2.39. The van der Waals surface area contributed by atoms with E-state index in [1.54, 1.807) is 0 Å². The highest BCUT2D eigenvalue weighted by atomic mass is 16.5. The van der Waals surface area contributed by atoms with Gasteiger partial charge in [0.25, 0.3) is 0 Å². The Morgan fingerprint density at radius 3 is 2.40 bits per heavy atom. The zero-order valence-corrected chi connectivity index (χ0v) is 5.84. The first-order valence-corrected chi connectivity index (χ1v) is 3.03. The van der Waals surface area contributed by atoms with Crippen LogP contribution in [0.1, 0.15) is 25.5 Å². The number of aromatic nitrogens is 1. The van der Waals surface area contributed by atoms with Gasteiger partial charge in [-0.25, -0.2) is 4.79 Å². The summed E-state index contributed by atoms with van der Waals surface area (Å²) >= 11 is 0. The summed E-state index contributed by atoms with van der Waals surface area (Å²) in [5.41, 5.74) is 0.449. The Balaban J connectivity index is 3.15.